The van der Waals surface area contributed by atoms with Gasteiger partial charge in [0.05, 0.1) is 0 Å². The molecule has 0 saturated carbocycles. The van der Waals surface area contributed by atoms with Crippen LogP contribution in [-0.2, 0) is 6.42 Å². The Kier molecular flexibility index (Phi) is 4.65. The van der Waals surface area contributed by atoms with Gasteiger partial charge in [-0.05, 0) is 53.0 Å². The Morgan fingerprint density at radius 2 is 1.40 bits per heavy atom. The maximum Gasteiger partial charge on any atom is -0.0181 e. The molecule has 0 heteroatoms. The van der Waals surface area contributed by atoms with Crippen molar-refractivity contribution in [1.29, 1.82) is 0 Å². The number of hydrogen-bond acceptors (Lipinski definition) is 0. The van der Waals surface area contributed by atoms with Crippen molar-refractivity contribution in [2.24, 2.45) is 5.92 Å². The highest BCUT2D eigenvalue weighted by Gasteiger charge is 2.06. The summed E-state index contributed by atoms with van der Waals surface area (Å²) in [5, 5.41) is 0. The van der Waals surface area contributed by atoms with Crippen LogP contribution in [0, 0.1) is 12.8 Å². The third-order valence-electron chi connectivity index (χ3n) is 3.82. The molecule has 0 saturated heterocycles. The third-order valence-corrected chi connectivity index (χ3v) is 3.82. The lowest BCUT2D eigenvalue weighted by molar-refractivity contribution is 0.647. The van der Waals surface area contributed by atoms with Crippen molar-refractivity contribution in [3.05, 3.63) is 59.2 Å². The lowest BCUT2D eigenvalue weighted by Crippen LogP contribution is -1.94. The molecule has 0 heterocycles. The van der Waals surface area contributed by atoms with E-state index >= 15 is 0 Å². The van der Waals surface area contributed by atoms with Crippen molar-refractivity contribution in [3.8, 4) is 11.1 Å². The van der Waals surface area contributed by atoms with Gasteiger partial charge in [0.25, 0.3) is 0 Å². The van der Waals surface area contributed by atoms with E-state index in [2.05, 4.69) is 77.1 Å². The second-order valence-electron chi connectivity index (χ2n) is 6.52. The van der Waals surface area contributed by atoms with Crippen LogP contribution in [0.2, 0.25) is 0 Å². The molecule has 20 heavy (non-hydrogen) atoms. The first-order valence-electron chi connectivity index (χ1n) is 7.67. The molecule has 2 aromatic carbocycles. The molecule has 106 valence electrons. The third kappa shape index (κ3) is 3.50. The number of rotatable bonds is 4. The van der Waals surface area contributed by atoms with Crippen LogP contribution in [0.4, 0.5) is 0 Å². The van der Waals surface area contributed by atoms with Gasteiger partial charge >= 0.3 is 0 Å². The Labute approximate surface area is 123 Å². The Balaban J connectivity index is 2.25. The van der Waals surface area contributed by atoms with Gasteiger partial charge < -0.3 is 0 Å². The smallest absolute Gasteiger partial charge is 0.0181 e. The highest BCUT2D eigenvalue weighted by atomic mass is 14.1. The quantitative estimate of drug-likeness (QED) is 0.638. The van der Waals surface area contributed by atoms with Crippen LogP contribution >= 0.6 is 0 Å². The Morgan fingerprint density at radius 1 is 0.800 bits per heavy atom. The first-order valence-corrected chi connectivity index (χ1v) is 7.67. The van der Waals surface area contributed by atoms with Crippen molar-refractivity contribution < 1.29 is 0 Å². The molecule has 0 spiro atoms. The van der Waals surface area contributed by atoms with E-state index in [1.54, 1.807) is 0 Å². The molecule has 0 fully saturated rings. The Hall–Kier alpha value is -1.56. The van der Waals surface area contributed by atoms with Crippen LogP contribution in [0.1, 0.15) is 50.3 Å². The average Bonchev–Trinajstić information content (AvgIpc) is 2.38. The lowest BCUT2D eigenvalue weighted by atomic mass is 9.93. The molecule has 0 aliphatic rings. The fraction of sp³-hybridized carbons (Fsp3) is 0.400. The van der Waals surface area contributed by atoms with Gasteiger partial charge in [-0.25, -0.2) is 0 Å². The molecular formula is C20H26. The molecule has 0 aliphatic carbocycles. The molecule has 0 aliphatic heterocycles. The predicted molar refractivity (Wildman–Crippen MR) is 89.2 cm³/mol. The first kappa shape index (κ1) is 14.8. The summed E-state index contributed by atoms with van der Waals surface area (Å²) >= 11 is 0. The molecule has 0 unspecified atom stereocenters. The predicted octanol–water partition coefficient (Wildman–Crippen LogP) is 5.98. The summed E-state index contributed by atoms with van der Waals surface area (Å²) in [4.78, 5) is 0. The second-order valence-corrected chi connectivity index (χ2v) is 6.52. The highest BCUT2D eigenvalue weighted by Crippen LogP contribution is 2.26. The fourth-order valence-corrected chi connectivity index (χ4v) is 2.81. The summed E-state index contributed by atoms with van der Waals surface area (Å²) in [6.07, 6.45) is 1.16. The SMILES string of the molecule is Cc1cc(-c2ccc(CC(C)C)cc2)ccc1C(C)C. The van der Waals surface area contributed by atoms with E-state index in [9.17, 15) is 0 Å². The minimum atomic E-state index is 0.595. The van der Waals surface area contributed by atoms with Gasteiger partial charge in [-0.3, -0.25) is 0 Å². The standard InChI is InChI=1S/C20H26/c1-14(2)12-17-6-8-18(9-7-17)19-10-11-20(15(3)4)16(5)13-19/h6-11,13-15H,12H2,1-5H3. The number of benzene rings is 2. The van der Waals surface area contributed by atoms with Crippen molar-refractivity contribution in [1.82, 2.24) is 0 Å². The van der Waals surface area contributed by atoms with Crippen molar-refractivity contribution >= 4 is 0 Å². The Bertz CT molecular complexity index is 559. The summed E-state index contributed by atoms with van der Waals surface area (Å²) in [6, 6.07) is 15.9. The largest absolute Gasteiger partial charge is 0.0625 e. The molecular weight excluding hydrogens is 240 g/mol. The van der Waals surface area contributed by atoms with Gasteiger partial charge in [-0.2, -0.15) is 0 Å². The van der Waals surface area contributed by atoms with Gasteiger partial charge in [-0.1, -0.05) is 70.2 Å². The van der Waals surface area contributed by atoms with E-state index < -0.39 is 0 Å². The van der Waals surface area contributed by atoms with Crippen LogP contribution in [0.3, 0.4) is 0 Å². The minimum Gasteiger partial charge on any atom is -0.0625 e. The number of aryl methyl sites for hydroxylation is 1. The molecule has 0 atom stereocenters. The Morgan fingerprint density at radius 3 is 1.90 bits per heavy atom. The summed E-state index contributed by atoms with van der Waals surface area (Å²) in [6.45, 7) is 11.3. The zero-order valence-electron chi connectivity index (χ0n) is 13.4. The van der Waals surface area contributed by atoms with Gasteiger partial charge in [0.1, 0.15) is 0 Å². The average molecular weight is 266 g/mol. The van der Waals surface area contributed by atoms with E-state index in [-0.39, 0.29) is 0 Å². The van der Waals surface area contributed by atoms with Crippen molar-refractivity contribution in [3.63, 3.8) is 0 Å². The van der Waals surface area contributed by atoms with Gasteiger partial charge in [0.2, 0.25) is 0 Å². The summed E-state index contributed by atoms with van der Waals surface area (Å²) in [5.41, 5.74) is 6.91. The maximum absolute atomic E-state index is 2.31. The van der Waals surface area contributed by atoms with Gasteiger partial charge in [0.15, 0.2) is 0 Å². The van der Waals surface area contributed by atoms with E-state index in [4.69, 9.17) is 0 Å². The zero-order valence-corrected chi connectivity index (χ0v) is 13.4. The monoisotopic (exact) mass is 266 g/mol. The maximum atomic E-state index is 2.31. The minimum absolute atomic E-state index is 0.595. The molecule has 0 radical (unpaired) electrons. The lowest BCUT2D eigenvalue weighted by Gasteiger charge is -2.12. The van der Waals surface area contributed by atoms with Crippen molar-refractivity contribution in [2.45, 2.75) is 47.0 Å². The van der Waals surface area contributed by atoms with Crippen LogP contribution in [0.15, 0.2) is 42.5 Å². The van der Waals surface area contributed by atoms with Crippen LogP contribution in [-0.4, -0.2) is 0 Å². The van der Waals surface area contributed by atoms with E-state index in [1.165, 1.54) is 27.8 Å². The molecule has 0 N–H and O–H groups in total. The molecule has 0 bridgehead atoms. The molecule has 2 aromatic rings. The number of hydrogen-bond donors (Lipinski definition) is 0. The van der Waals surface area contributed by atoms with Crippen LogP contribution in [0.5, 0.6) is 0 Å². The van der Waals surface area contributed by atoms with E-state index in [0.717, 1.165) is 6.42 Å². The summed E-state index contributed by atoms with van der Waals surface area (Å²) < 4.78 is 0. The van der Waals surface area contributed by atoms with Crippen molar-refractivity contribution in [2.75, 3.05) is 0 Å². The van der Waals surface area contributed by atoms with Gasteiger partial charge in [-0.15, -0.1) is 0 Å². The molecule has 2 rings (SSSR count). The second kappa shape index (κ2) is 6.26. The normalized spacial score (nSPS) is 11.3. The molecule has 0 nitrogen and oxygen atoms in total. The van der Waals surface area contributed by atoms with E-state index in [0.29, 0.717) is 11.8 Å². The van der Waals surface area contributed by atoms with Crippen LogP contribution in [0.25, 0.3) is 11.1 Å². The van der Waals surface area contributed by atoms with Gasteiger partial charge in [0, 0.05) is 0 Å². The van der Waals surface area contributed by atoms with E-state index in [1.807, 2.05) is 0 Å². The highest BCUT2D eigenvalue weighted by molar-refractivity contribution is 5.65. The zero-order chi connectivity index (χ0) is 14.7. The summed E-state index contributed by atoms with van der Waals surface area (Å²) in [7, 11) is 0. The summed E-state index contributed by atoms with van der Waals surface area (Å²) in [5.74, 6) is 1.31. The molecule has 0 aromatic heterocycles. The molecule has 0 amide bonds. The topological polar surface area (TPSA) is 0 Å². The first-order chi connectivity index (χ1) is 9.47. The fourth-order valence-electron chi connectivity index (χ4n) is 2.81. The van der Waals surface area contributed by atoms with Crippen LogP contribution < -0.4 is 0 Å².